The molecule has 0 radical (unpaired) electrons. The lowest BCUT2D eigenvalue weighted by Crippen LogP contribution is -2.24. The van der Waals surface area contributed by atoms with Gasteiger partial charge in [-0.2, -0.15) is 0 Å². The van der Waals surface area contributed by atoms with E-state index in [9.17, 15) is 9.18 Å². The summed E-state index contributed by atoms with van der Waals surface area (Å²) in [6.07, 6.45) is 0. The number of hydrogen-bond donors (Lipinski definition) is 2. The maximum atomic E-state index is 14.0. The Bertz CT molecular complexity index is 671. The molecule has 2 aromatic rings. The number of carbonyl (C=O) groups is 1. The molecule has 21 heavy (non-hydrogen) atoms. The van der Waals surface area contributed by atoms with Gasteiger partial charge in [-0.25, -0.2) is 4.39 Å². The molecule has 0 fully saturated rings. The minimum absolute atomic E-state index is 0.0533. The van der Waals surface area contributed by atoms with E-state index in [1.165, 1.54) is 12.1 Å². The summed E-state index contributed by atoms with van der Waals surface area (Å²) in [5.74, 6) is -0.391. The molecule has 5 heteroatoms. The molecule has 0 atom stereocenters. The predicted molar refractivity (Wildman–Crippen MR) is 79.7 cm³/mol. The number of amides is 1. The molecule has 2 aromatic carbocycles. The van der Waals surface area contributed by atoms with Crippen LogP contribution in [0.25, 0.3) is 0 Å². The van der Waals surface area contributed by atoms with Gasteiger partial charge in [0.1, 0.15) is 11.6 Å². The zero-order valence-corrected chi connectivity index (χ0v) is 11.9. The molecule has 0 spiro atoms. The van der Waals surface area contributed by atoms with Gasteiger partial charge in [0, 0.05) is 17.8 Å². The Labute approximate surface area is 122 Å². The average molecular weight is 288 g/mol. The van der Waals surface area contributed by atoms with Gasteiger partial charge in [0.25, 0.3) is 5.91 Å². The Balaban J connectivity index is 2.16. The highest BCUT2D eigenvalue weighted by atomic mass is 19.1. The third-order valence-electron chi connectivity index (χ3n) is 3.15. The molecular weight excluding hydrogens is 271 g/mol. The number of methoxy groups -OCH3 is 1. The van der Waals surface area contributed by atoms with E-state index in [0.29, 0.717) is 17.0 Å². The zero-order chi connectivity index (χ0) is 15.4. The van der Waals surface area contributed by atoms with Crippen LogP contribution in [0.4, 0.5) is 10.1 Å². The fraction of sp³-hybridized carbons (Fsp3) is 0.188. The van der Waals surface area contributed by atoms with Crippen LogP contribution in [0, 0.1) is 12.7 Å². The fourth-order valence-electron chi connectivity index (χ4n) is 2.08. The first-order valence-electron chi connectivity index (χ1n) is 6.48. The highest BCUT2D eigenvalue weighted by Crippen LogP contribution is 2.19. The minimum atomic E-state index is -0.554. The summed E-state index contributed by atoms with van der Waals surface area (Å²) in [6, 6.07) is 10.1. The average Bonchev–Trinajstić information content (AvgIpc) is 2.48. The van der Waals surface area contributed by atoms with Crippen molar-refractivity contribution in [1.29, 1.82) is 0 Å². The van der Waals surface area contributed by atoms with Crippen LogP contribution in [0.15, 0.2) is 36.4 Å². The third kappa shape index (κ3) is 3.31. The first kappa shape index (κ1) is 14.8. The molecular formula is C16H17FN2O2. The van der Waals surface area contributed by atoms with E-state index < -0.39 is 11.7 Å². The van der Waals surface area contributed by atoms with Gasteiger partial charge in [0.2, 0.25) is 0 Å². The number of anilines is 1. The van der Waals surface area contributed by atoms with Crippen molar-refractivity contribution in [3.8, 4) is 5.75 Å². The number of nitrogens with two attached hydrogens (primary N) is 1. The summed E-state index contributed by atoms with van der Waals surface area (Å²) in [4.78, 5) is 12.1. The molecule has 0 unspecified atom stereocenters. The van der Waals surface area contributed by atoms with Crippen molar-refractivity contribution in [2.75, 3.05) is 12.8 Å². The van der Waals surface area contributed by atoms with Crippen LogP contribution in [-0.4, -0.2) is 13.0 Å². The predicted octanol–water partition coefficient (Wildman–Crippen LogP) is 2.65. The smallest absolute Gasteiger partial charge is 0.254 e. The van der Waals surface area contributed by atoms with Gasteiger partial charge in [0.15, 0.2) is 0 Å². The fourth-order valence-corrected chi connectivity index (χ4v) is 2.08. The summed E-state index contributed by atoms with van der Waals surface area (Å²) in [5.41, 5.74) is 7.12. The van der Waals surface area contributed by atoms with Gasteiger partial charge in [-0.3, -0.25) is 4.79 Å². The first-order chi connectivity index (χ1) is 10.0. The Kier molecular flexibility index (Phi) is 4.42. The second-order valence-corrected chi connectivity index (χ2v) is 4.69. The van der Waals surface area contributed by atoms with Gasteiger partial charge in [-0.05, 0) is 30.7 Å². The lowest BCUT2D eigenvalue weighted by molar-refractivity contribution is 0.0946. The lowest BCUT2D eigenvalue weighted by atomic mass is 10.1. The van der Waals surface area contributed by atoms with Crippen molar-refractivity contribution in [2.45, 2.75) is 13.5 Å². The van der Waals surface area contributed by atoms with Crippen molar-refractivity contribution in [3.05, 3.63) is 58.9 Å². The summed E-state index contributed by atoms with van der Waals surface area (Å²) in [7, 11) is 1.56. The maximum Gasteiger partial charge on any atom is 0.254 e. The Morgan fingerprint density at radius 2 is 2.05 bits per heavy atom. The number of carbonyl (C=O) groups excluding carboxylic acids is 1. The number of rotatable bonds is 4. The van der Waals surface area contributed by atoms with Gasteiger partial charge < -0.3 is 15.8 Å². The molecule has 4 nitrogen and oxygen atoms in total. The molecule has 0 heterocycles. The van der Waals surface area contributed by atoms with E-state index in [4.69, 9.17) is 10.5 Å². The zero-order valence-electron chi connectivity index (χ0n) is 11.9. The number of halogens is 1. The first-order valence-corrected chi connectivity index (χ1v) is 6.48. The van der Waals surface area contributed by atoms with Crippen molar-refractivity contribution >= 4 is 11.6 Å². The van der Waals surface area contributed by atoms with Gasteiger partial charge in [-0.1, -0.05) is 18.2 Å². The van der Waals surface area contributed by atoms with Crippen LogP contribution >= 0.6 is 0 Å². The highest BCUT2D eigenvalue weighted by molar-refractivity contribution is 5.95. The SMILES string of the molecule is COc1ccccc1CNC(=O)c1cc(N)cc(C)c1F. The van der Waals surface area contributed by atoms with E-state index >= 15 is 0 Å². The quantitative estimate of drug-likeness (QED) is 0.850. The van der Waals surface area contributed by atoms with Crippen LogP contribution in [0.1, 0.15) is 21.5 Å². The molecule has 0 aromatic heterocycles. The van der Waals surface area contributed by atoms with E-state index in [1.54, 1.807) is 20.1 Å². The number of nitrogen functional groups attached to an aromatic ring is 1. The molecule has 0 saturated heterocycles. The molecule has 1 amide bonds. The maximum absolute atomic E-state index is 14.0. The van der Waals surface area contributed by atoms with Crippen molar-refractivity contribution in [1.82, 2.24) is 5.32 Å². The van der Waals surface area contributed by atoms with Crippen LogP contribution in [0.5, 0.6) is 5.75 Å². The molecule has 2 rings (SSSR count). The standard InChI is InChI=1S/C16H17FN2O2/c1-10-7-12(18)8-13(15(10)17)16(20)19-9-11-5-3-4-6-14(11)21-2/h3-8H,9,18H2,1-2H3,(H,19,20). The van der Waals surface area contributed by atoms with Gasteiger partial charge in [-0.15, -0.1) is 0 Å². The topological polar surface area (TPSA) is 64.3 Å². The summed E-state index contributed by atoms with van der Waals surface area (Å²) in [5, 5.41) is 2.67. The van der Waals surface area contributed by atoms with E-state index in [0.717, 1.165) is 5.56 Å². The Morgan fingerprint density at radius 3 is 2.76 bits per heavy atom. The largest absolute Gasteiger partial charge is 0.496 e. The molecule has 3 N–H and O–H groups in total. The van der Waals surface area contributed by atoms with Crippen LogP contribution < -0.4 is 15.8 Å². The van der Waals surface area contributed by atoms with Crippen molar-refractivity contribution in [3.63, 3.8) is 0 Å². The second kappa shape index (κ2) is 6.26. The highest BCUT2D eigenvalue weighted by Gasteiger charge is 2.15. The molecule has 0 aliphatic heterocycles. The molecule has 0 aliphatic carbocycles. The summed E-state index contributed by atoms with van der Waals surface area (Å²) >= 11 is 0. The van der Waals surface area contributed by atoms with Crippen molar-refractivity contribution in [2.24, 2.45) is 0 Å². The summed E-state index contributed by atoms with van der Waals surface area (Å²) in [6.45, 7) is 1.82. The summed E-state index contributed by atoms with van der Waals surface area (Å²) < 4.78 is 19.2. The number of aryl methyl sites for hydroxylation is 1. The number of nitrogens with one attached hydrogen (secondary N) is 1. The van der Waals surface area contributed by atoms with E-state index in [2.05, 4.69) is 5.32 Å². The number of ether oxygens (including phenoxy) is 1. The number of hydrogen-bond acceptors (Lipinski definition) is 3. The Hall–Kier alpha value is -2.56. The minimum Gasteiger partial charge on any atom is -0.496 e. The normalized spacial score (nSPS) is 10.2. The van der Waals surface area contributed by atoms with Crippen molar-refractivity contribution < 1.29 is 13.9 Å². The van der Waals surface area contributed by atoms with E-state index in [1.807, 2.05) is 18.2 Å². The molecule has 110 valence electrons. The lowest BCUT2D eigenvalue weighted by Gasteiger charge is -2.11. The monoisotopic (exact) mass is 288 g/mol. The molecule has 0 bridgehead atoms. The third-order valence-corrected chi connectivity index (χ3v) is 3.15. The number of para-hydroxylation sites is 1. The second-order valence-electron chi connectivity index (χ2n) is 4.69. The van der Waals surface area contributed by atoms with Gasteiger partial charge in [0.05, 0.1) is 12.7 Å². The number of benzene rings is 2. The van der Waals surface area contributed by atoms with Crippen LogP contribution in [-0.2, 0) is 6.54 Å². The molecule has 0 aliphatic rings. The Morgan fingerprint density at radius 1 is 1.33 bits per heavy atom. The van der Waals surface area contributed by atoms with Crippen LogP contribution in [0.3, 0.4) is 0 Å². The van der Waals surface area contributed by atoms with E-state index in [-0.39, 0.29) is 12.1 Å². The van der Waals surface area contributed by atoms with Gasteiger partial charge >= 0.3 is 0 Å². The molecule has 0 saturated carbocycles. The van der Waals surface area contributed by atoms with Crippen LogP contribution in [0.2, 0.25) is 0 Å².